The zero-order chi connectivity index (χ0) is 16.6. The van der Waals surface area contributed by atoms with Crippen LogP contribution in [0.25, 0.3) is 0 Å². The number of carbonyl (C=O) groups excluding carboxylic acids is 1. The fourth-order valence-corrected chi connectivity index (χ4v) is 3.17. The van der Waals surface area contributed by atoms with E-state index in [4.69, 9.17) is 9.47 Å². The summed E-state index contributed by atoms with van der Waals surface area (Å²) in [6.07, 6.45) is 9.87. The monoisotopic (exact) mass is 310 g/mol. The standard InChI is InChI=1S/C19H34O3/c1-6-13-21-17-10-8-9-15(14-17)11-12-16(7-2)18(20)22-19(3,4)5/h6,15-17H,1,7-14H2,2-5H3. The van der Waals surface area contributed by atoms with Crippen LogP contribution in [-0.4, -0.2) is 24.3 Å². The minimum atomic E-state index is -0.390. The largest absolute Gasteiger partial charge is 0.460 e. The van der Waals surface area contributed by atoms with Crippen LogP contribution in [-0.2, 0) is 14.3 Å². The maximum atomic E-state index is 12.2. The van der Waals surface area contributed by atoms with Gasteiger partial charge in [-0.1, -0.05) is 25.8 Å². The smallest absolute Gasteiger partial charge is 0.309 e. The minimum Gasteiger partial charge on any atom is -0.460 e. The quantitative estimate of drug-likeness (QED) is 0.472. The first-order valence-electron chi connectivity index (χ1n) is 8.81. The highest BCUT2D eigenvalue weighted by Gasteiger charge is 2.27. The molecule has 0 N–H and O–H groups in total. The molecule has 0 saturated heterocycles. The van der Waals surface area contributed by atoms with Gasteiger partial charge in [0.15, 0.2) is 0 Å². The van der Waals surface area contributed by atoms with Crippen molar-refractivity contribution in [3.05, 3.63) is 12.7 Å². The molecule has 0 radical (unpaired) electrons. The first kappa shape index (κ1) is 19.2. The van der Waals surface area contributed by atoms with E-state index in [1.54, 1.807) is 0 Å². The Morgan fingerprint density at radius 1 is 1.36 bits per heavy atom. The van der Waals surface area contributed by atoms with Gasteiger partial charge in [0.1, 0.15) is 5.60 Å². The highest BCUT2D eigenvalue weighted by molar-refractivity contribution is 5.72. The van der Waals surface area contributed by atoms with Gasteiger partial charge in [0.25, 0.3) is 0 Å². The second-order valence-electron chi connectivity index (χ2n) is 7.49. The highest BCUT2D eigenvalue weighted by Crippen LogP contribution is 2.31. The molecule has 3 heteroatoms. The van der Waals surface area contributed by atoms with Crippen LogP contribution in [0.15, 0.2) is 12.7 Å². The highest BCUT2D eigenvalue weighted by atomic mass is 16.6. The Morgan fingerprint density at radius 3 is 2.68 bits per heavy atom. The molecule has 3 nitrogen and oxygen atoms in total. The molecular weight excluding hydrogens is 276 g/mol. The summed E-state index contributed by atoms with van der Waals surface area (Å²) in [7, 11) is 0. The van der Waals surface area contributed by atoms with Crippen molar-refractivity contribution in [2.45, 2.75) is 84.3 Å². The minimum absolute atomic E-state index is 0.0358. The molecule has 1 aliphatic carbocycles. The molecule has 3 atom stereocenters. The number of hydrogen-bond donors (Lipinski definition) is 0. The van der Waals surface area contributed by atoms with Crippen molar-refractivity contribution in [2.24, 2.45) is 11.8 Å². The molecule has 0 spiro atoms. The van der Waals surface area contributed by atoms with Gasteiger partial charge in [0.05, 0.1) is 18.6 Å². The molecule has 0 aromatic carbocycles. The summed E-state index contributed by atoms with van der Waals surface area (Å²) in [4.78, 5) is 12.2. The third kappa shape index (κ3) is 7.44. The molecule has 1 aliphatic rings. The van der Waals surface area contributed by atoms with Gasteiger partial charge in [-0.05, 0) is 58.8 Å². The van der Waals surface area contributed by atoms with Gasteiger partial charge in [-0.3, -0.25) is 4.79 Å². The van der Waals surface area contributed by atoms with Gasteiger partial charge in [-0.15, -0.1) is 6.58 Å². The molecule has 0 amide bonds. The molecule has 128 valence electrons. The van der Waals surface area contributed by atoms with Crippen LogP contribution in [0.4, 0.5) is 0 Å². The molecule has 1 fully saturated rings. The Labute approximate surface area is 136 Å². The van der Waals surface area contributed by atoms with Crippen molar-refractivity contribution in [1.29, 1.82) is 0 Å². The second kappa shape index (κ2) is 9.34. The molecule has 1 rings (SSSR count). The summed E-state index contributed by atoms with van der Waals surface area (Å²) in [5.41, 5.74) is -0.390. The summed E-state index contributed by atoms with van der Waals surface area (Å²) in [6, 6.07) is 0. The maximum Gasteiger partial charge on any atom is 0.309 e. The summed E-state index contributed by atoms with van der Waals surface area (Å²) in [6.45, 7) is 12.2. The normalized spacial score (nSPS) is 23.8. The predicted molar refractivity (Wildman–Crippen MR) is 90.8 cm³/mol. The number of hydrogen-bond acceptors (Lipinski definition) is 3. The van der Waals surface area contributed by atoms with Crippen LogP contribution < -0.4 is 0 Å². The molecule has 0 bridgehead atoms. The average molecular weight is 310 g/mol. The molecule has 22 heavy (non-hydrogen) atoms. The van der Waals surface area contributed by atoms with Gasteiger partial charge in [0.2, 0.25) is 0 Å². The van der Waals surface area contributed by atoms with Crippen molar-refractivity contribution in [3.63, 3.8) is 0 Å². The van der Waals surface area contributed by atoms with E-state index < -0.39 is 0 Å². The average Bonchev–Trinajstić information content (AvgIpc) is 2.44. The van der Waals surface area contributed by atoms with Crippen LogP contribution in [0.3, 0.4) is 0 Å². The molecule has 1 saturated carbocycles. The Bertz CT molecular complexity index is 343. The third-order valence-electron chi connectivity index (χ3n) is 4.34. The number of esters is 1. The van der Waals surface area contributed by atoms with E-state index in [2.05, 4.69) is 13.5 Å². The van der Waals surface area contributed by atoms with Crippen LogP contribution in [0, 0.1) is 11.8 Å². The van der Waals surface area contributed by atoms with Gasteiger partial charge in [-0.25, -0.2) is 0 Å². The zero-order valence-electron chi connectivity index (χ0n) is 14.9. The Kier molecular flexibility index (Phi) is 8.16. The fraction of sp³-hybridized carbons (Fsp3) is 0.842. The van der Waals surface area contributed by atoms with E-state index in [0.717, 1.165) is 32.1 Å². The van der Waals surface area contributed by atoms with Crippen molar-refractivity contribution >= 4 is 5.97 Å². The van der Waals surface area contributed by atoms with E-state index in [9.17, 15) is 4.79 Å². The van der Waals surface area contributed by atoms with Crippen molar-refractivity contribution < 1.29 is 14.3 Å². The molecule has 0 heterocycles. The van der Waals surface area contributed by atoms with E-state index in [-0.39, 0.29) is 17.5 Å². The van der Waals surface area contributed by atoms with Gasteiger partial charge in [0, 0.05) is 0 Å². The van der Waals surface area contributed by atoms with Gasteiger partial charge >= 0.3 is 5.97 Å². The zero-order valence-corrected chi connectivity index (χ0v) is 14.9. The summed E-state index contributed by atoms with van der Waals surface area (Å²) in [5.74, 6) is 0.680. The Balaban J connectivity index is 2.38. The second-order valence-corrected chi connectivity index (χ2v) is 7.49. The van der Waals surface area contributed by atoms with Crippen molar-refractivity contribution in [1.82, 2.24) is 0 Å². The van der Waals surface area contributed by atoms with E-state index in [1.165, 1.54) is 12.8 Å². The fourth-order valence-electron chi connectivity index (χ4n) is 3.17. The molecule has 0 aromatic rings. The predicted octanol–water partition coefficient (Wildman–Crippen LogP) is 4.90. The molecular formula is C19H34O3. The third-order valence-corrected chi connectivity index (χ3v) is 4.34. The van der Waals surface area contributed by atoms with Gasteiger partial charge in [-0.2, -0.15) is 0 Å². The first-order valence-corrected chi connectivity index (χ1v) is 8.81. The van der Waals surface area contributed by atoms with Crippen LogP contribution in [0.5, 0.6) is 0 Å². The molecule has 0 aromatic heterocycles. The first-order chi connectivity index (χ1) is 10.4. The lowest BCUT2D eigenvalue weighted by Crippen LogP contribution is -2.29. The Morgan fingerprint density at radius 2 is 2.09 bits per heavy atom. The van der Waals surface area contributed by atoms with Gasteiger partial charge < -0.3 is 9.47 Å². The van der Waals surface area contributed by atoms with Crippen molar-refractivity contribution in [3.8, 4) is 0 Å². The summed E-state index contributed by atoms with van der Waals surface area (Å²) < 4.78 is 11.3. The topological polar surface area (TPSA) is 35.5 Å². The number of ether oxygens (including phenoxy) is 2. The molecule has 0 aliphatic heterocycles. The number of rotatable bonds is 8. The van der Waals surface area contributed by atoms with Crippen LogP contribution in [0.2, 0.25) is 0 Å². The van der Waals surface area contributed by atoms with Crippen LogP contribution >= 0.6 is 0 Å². The lowest BCUT2D eigenvalue weighted by atomic mass is 9.82. The maximum absolute atomic E-state index is 12.2. The molecule has 3 unspecified atom stereocenters. The SMILES string of the molecule is C=CCOC1CCCC(CCC(CC)C(=O)OC(C)(C)C)C1. The summed E-state index contributed by atoms with van der Waals surface area (Å²) in [5, 5.41) is 0. The lowest BCUT2D eigenvalue weighted by Gasteiger charge is -2.30. The van der Waals surface area contributed by atoms with E-state index in [1.807, 2.05) is 26.8 Å². The number of carbonyl (C=O) groups is 1. The van der Waals surface area contributed by atoms with E-state index >= 15 is 0 Å². The summed E-state index contributed by atoms with van der Waals surface area (Å²) >= 11 is 0. The van der Waals surface area contributed by atoms with Crippen LogP contribution in [0.1, 0.15) is 72.6 Å². The lowest BCUT2D eigenvalue weighted by molar-refractivity contribution is -0.160. The van der Waals surface area contributed by atoms with Crippen molar-refractivity contribution in [2.75, 3.05) is 6.61 Å². The Hall–Kier alpha value is -0.830. The van der Waals surface area contributed by atoms with E-state index in [0.29, 0.717) is 18.6 Å².